The van der Waals surface area contributed by atoms with Crippen LogP contribution < -0.4 is 10.6 Å². The highest BCUT2D eigenvalue weighted by Gasteiger charge is 2.16. The number of carbonyl (C=O) groups excluding carboxylic acids is 1. The van der Waals surface area contributed by atoms with Crippen LogP contribution >= 0.6 is 0 Å². The van der Waals surface area contributed by atoms with E-state index in [1.165, 1.54) is 5.56 Å². The maximum absolute atomic E-state index is 12.0. The summed E-state index contributed by atoms with van der Waals surface area (Å²) in [6, 6.07) is 8.32. The highest BCUT2D eigenvalue weighted by Crippen LogP contribution is 2.12. The molecule has 7 nitrogen and oxygen atoms in total. The SMILES string of the molecule is CC1CN(Cc2cccc(CNC(=O)NCCN3CCOCC3)c2)CCO1. The predicted molar refractivity (Wildman–Crippen MR) is 105 cm³/mol. The Balaban J connectivity index is 1.36. The summed E-state index contributed by atoms with van der Waals surface area (Å²) in [5.41, 5.74) is 2.40. The van der Waals surface area contributed by atoms with Crippen LogP contribution in [0.25, 0.3) is 0 Å². The van der Waals surface area contributed by atoms with Crippen molar-refractivity contribution in [2.45, 2.75) is 26.1 Å². The Kier molecular flexibility index (Phi) is 7.89. The zero-order chi connectivity index (χ0) is 18.9. The Hall–Kier alpha value is -1.67. The third-order valence-electron chi connectivity index (χ3n) is 4.99. The summed E-state index contributed by atoms with van der Waals surface area (Å²) >= 11 is 0. The molecule has 1 unspecified atom stereocenters. The molecule has 2 heterocycles. The van der Waals surface area contributed by atoms with Crippen LogP contribution in [0.2, 0.25) is 0 Å². The summed E-state index contributed by atoms with van der Waals surface area (Å²) < 4.78 is 10.9. The molecule has 2 aliphatic heterocycles. The number of morpholine rings is 2. The van der Waals surface area contributed by atoms with Crippen LogP contribution in [0, 0.1) is 0 Å². The van der Waals surface area contributed by atoms with Gasteiger partial charge >= 0.3 is 6.03 Å². The smallest absolute Gasteiger partial charge is 0.315 e. The number of carbonyl (C=O) groups is 1. The van der Waals surface area contributed by atoms with E-state index in [0.29, 0.717) is 19.2 Å². The Morgan fingerprint density at radius 2 is 1.89 bits per heavy atom. The van der Waals surface area contributed by atoms with E-state index in [2.05, 4.69) is 51.6 Å². The number of hydrogen-bond acceptors (Lipinski definition) is 5. The number of urea groups is 1. The van der Waals surface area contributed by atoms with Gasteiger partial charge in [-0.15, -0.1) is 0 Å². The molecule has 1 aromatic rings. The molecule has 150 valence electrons. The van der Waals surface area contributed by atoms with Crippen molar-refractivity contribution in [3.8, 4) is 0 Å². The lowest BCUT2D eigenvalue weighted by Crippen LogP contribution is -2.43. The number of benzene rings is 1. The second-order valence-electron chi connectivity index (χ2n) is 7.30. The second-order valence-corrected chi connectivity index (χ2v) is 7.30. The number of amides is 2. The topological polar surface area (TPSA) is 66.1 Å². The van der Waals surface area contributed by atoms with E-state index in [1.807, 2.05) is 0 Å². The highest BCUT2D eigenvalue weighted by atomic mass is 16.5. The van der Waals surface area contributed by atoms with Crippen molar-refractivity contribution in [1.82, 2.24) is 20.4 Å². The number of hydrogen-bond donors (Lipinski definition) is 2. The molecule has 2 aliphatic rings. The van der Waals surface area contributed by atoms with E-state index in [4.69, 9.17) is 9.47 Å². The van der Waals surface area contributed by atoms with Crippen LogP contribution in [0.5, 0.6) is 0 Å². The third kappa shape index (κ3) is 7.10. The van der Waals surface area contributed by atoms with Gasteiger partial charge in [-0.2, -0.15) is 0 Å². The number of rotatable bonds is 7. The average molecular weight is 377 g/mol. The largest absolute Gasteiger partial charge is 0.379 e. The van der Waals surface area contributed by atoms with Crippen LogP contribution in [-0.4, -0.2) is 81.0 Å². The maximum Gasteiger partial charge on any atom is 0.315 e. The Bertz CT molecular complexity index is 592. The fourth-order valence-corrected chi connectivity index (χ4v) is 3.53. The van der Waals surface area contributed by atoms with E-state index in [-0.39, 0.29) is 6.03 Å². The fraction of sp³-hybridized carbons (Fsp3) is 0.650. The van der Waals surface area contributed by atoms with E-state index < -0.39 is 0 Å². The number of ether oxygens (including phenoxy) is 2. The van der Waals surface area contributed by atoms with Gasteiger partial charge in [0, 0.05) is 52.4 Å². The maximum atomic E-state index is 12.0. The lowest BCUT2D eigenvalue weighted by Gasteiger charge is -2.31. The van der Waals surface area contributed by atoms with Gasteiger partial charge in [0.1, 0.15) is 0 Å². The monoisotopic (exact) mass is 376 g/mol. The van der Waals surface area contributed by atoms with E-state index in [1.54, 1.807) is 0 Å². The molecule has 2 fully saturated rings. The zero-order valence-corrected chi connectivity index (χ0v) is 16.3. The zero-order valence-electron chi connectivity index (χ0n) is 16.3. The van der Waals surface area contributed by atoms with E-state index in [9.17, 15) is 4.79 Å². The van der Waals surface area contributed by atoms with Crippen LogP contribution in [0.15, 0.2) is 24.3 Å². The van der Waals surface area contributed by atoms with Crippen LogP contribution in [-0.2, 0) is 22.6 Å². The number of nitrogens with zero attached hydrogens (tertiary/aromatic N) is 2. The summed E-state index contributed by atoms with van der Waals surface area (Å²) in [6.45, 7) is 11.3. The molecule has 0 aliphatic carbocycles. The second kappa shape index (κ2) is 10.6. The van der Waals surface area contributed by atoms with Crippen molar-refractivity contribution >= 4 is 6.03 Å². The molecule has 0 aromatic heterocycles. The van der Waals surface area contributed by atoms with Gasteiger partial charge < -0.3 is 20.1 Å². The van der Waals surface area contributed by atoms with E-state index in [0.717, 1.165) is 64.7 Å². The molecule has 0 saturated carbocycles. The number of nitrogens with one attached hydrogen (secondary N) is 2. The van der Waals surface area contributed by atoms with Gasteiger partial charge in [-0.25, -0.2) is 4.79 Å². The molecule has 1 aromatic carbocycles. The van der Waals surface area contributed by atoms with Gasteiger partial charge in [0.25, 0.3) is 0 Å². The third-order valence-corrected chi connectivity index (χ3v) is 4.99. The fourth-order valence-electron chi connectivity index (χ4n) is 3.53. The molecule has 2 saturated heterocycles. The van der Waals surface area contributed by atoms with Crippen molar-refractivity contribution in [2.75, 3.05) is 59.1 Å². The average Bonchev–Trinajstić information content (AvgIpc) is 2.68. The Morgan fingerprint density at radius 1 is 1.11 bits per heavy atom. The van der Waals surface area contributed by atoms with Gasteiger partial charge in [-0.1, -0.05) is 24.3 Å². The van der Waals surface area contributed by atoms with Crippen LogP contribution in [0.3, 0.4) is 0 Å². The molecule has 1 atom stereocenters. The van der Waals surface area contributed by atoms with Crippen molar-refractivity contribution < 1.29 is 14.3 Å². The minimum Gasteiger partial charge on any atom is -0.379 e. The minimum absolute atomic E-state index is 0.115. The molecule has 27 heavy (non-hydrogen) atoms. The minimum atomic E-state index is -0.115. The lowest BCUT2D eigenvalue weighted by molar-refractivity contribution is -0.0212. The first-order valence-corrected chi connectivity index (χ1v) is 9.92. The van der Waals surface area contributed by atoms with Crippen LogP contribution in [0.1, 0.15) is 18.1 Å². The van der Waals surface area contributed by atoms with Crippen molar-refractivity contribution in [3.05, 3.63) is 35.4 Å². The summed E-state index contributed by atoms with van der Waals surface area (Å²) in [4.78, 5) is 16.7. The molecule has 3 rings (SSSR count). The molecular formula is C20H32N4O3. The molecule has 7 heteroatoms. The van der Waals surface area contributed by atoms with Gasteiger partial charge in [-0.05, 0) is 18.1 Å². The standard InChI is InChI=1S/C20H32N4O3/c1-17-15-24(9-12-27-17)16-19-4-2-3-18(13-19)14-22-20(25)21-5-6-23-7-10-26-11-8-23/h2-4,13,17H,5-12,14-16H2,1H3,(H2,21,22,25). The molecule has 2 amide bonds. The summed E-state index contributed by atoms with van der Waals surface area (Å²) in [5, 5.41) is 5.88. The Labute approximate surface area is 162 Å². The lowest BCUT2D eigenvalue weighted by atomic mass is 10.1. The van der Waals surface area contributed by atoms with Gasteiger partial charge in [0.05, 0.1) is 25.9 Å². The summed E-state index contributed by atoms with van der Waals surface area (Å²) in [6.07, 6.45) is 0.296. The molecule has 0 bridgehead atoms. The molecular weight excluding hydrogens is 344 g/mol. The first kappa shape index (κ1) is 20.1. The summed E-state index contributed by atoms with van der Waals surface area (Å²) in [7, 11) is 0. The molecule has 0 spiro atoms. The van der Waals surface area contributed by atoms with Gasteiger partial charge in [0.15, 0.2) is 0 Å². The van der Waals surface area contributed by atoms with Crippen molar-refractivity contribution in [1.29, 1.82) is 0 Å². The first-order valence-electron chi connectivity index (χ1n) is 9.92. The van der Waals surface area contributed by atoms with Gasteiger partial charge in [-0.3, -0.25) is 9.80 Å². The van der Waals surface area contributed by atoms with Crippen LogP contribution in [0.4, 0.5) is 4.79 Å². The highest BCUT2D eigenvalue weighted by molar-refractivity contribution is 5.73. The van der Waals surface area contributed by atoms with Crippen molar-refractivity contribution in [2.24, 2.45) is 0 Å². The normalized spacial score (nSPS) is 21.7. The molecule has 2 N–H and O–H groups in total. The van der Waals surface area contributed by atoms with E-state index >= 15 is 0 Å². The quantitative estimate of drug-likeness (QED) is 0.744. The van der Waals surface area contributed by atoms with Gasteiger partial charge in [0.2, 0.25) is 0 Å². The summed E-state index contributed by atoms with van der Waals surface area (Å²) in [5.74, 6) is 0. The first-order chi connectivity index (χ1) is 13.2. The molecule has 0 radical (unpaired) electrons. The van der Waals surface area contributed by atoms with Crippen molar-refractivity contribution in [3.63, 3.8) is 0 Å². The Morgan fingerprint density at radius 3 is 2.70 bits per heavy atom. The predicted octanol–water partition coefficient (Wildman–Crippen LogP) is 1.04.